The summed E-state index contributed by atoms with van der Waals surface area (Å²) in [5, 5.41) is 8.39. The molecular formula is C20H25Cl2N5O. The SMILES string of the molecule is Cc1nn(C)c2nc(-c3ccccc3)cc(C(=O)NC(CN)C3CC3)c12.Cl.Cl. The molecule has 0 radical (unpaired) electrons. The molecular weight excluding hydrogens is 397 g/mol. The van der Waals surface area contributed by atoms with Crippen molar-refractivity contribution in [3.63, 3.8) is 0 Å². The van der Waals surface area contributed by atoms with Gasteiger partial charge in [0.25, 0.3) is 5.91 Å². The van der Waals surface area contributed by atoms with Gasteiger partial charge in [-0.15, -0.1) is 24.8 Å². The fraction of sp³-hybridized carbons (Fsp3) is 0.350. The van der Waals surface area contributed by atoms with Gasteiger partial charge in [-0.1, -0.05) is 30.3 Å². The lowest BCUT2D eigenvalue weighted by Crippen LogP contribution is -2.41. The summed E-state index contributed by atoms with van der Waals surface area (Å²) in [6.07, 6.45) is 2.27. The van der Waals surface area contributed by atoms with E-state index in [1.807, 2.05) is 50.4 Å². The van der Waals surface area contributed by atoms with E-state index < -0.39 is 0 Å². The largest absolute Gasteiger partial charge is 0.348 e. The molecule has 1 fully saturated rings. The average Bonchev–Trinajstić information content (AvgIpc) is 3.46. The van der Waals surface area contributed by atoms with E-state index in [2.05, 4.69) is 10.4 Å². The van der Waals surface area contributed by atoms with E-state index in [4.69, 9.17) is 10.7 Å². The van der Waals surface area contributed by atoms with Crippen molar-refractivity contribution >= 4 is 41.8 Å². The van der Waals surface area contributed by atoms with Gasteiger partial charge in [-0.2, -0.15) is 5.10 Å². The molecule has 2 heterocycles. The number of nitrogens with one attached hydrogen (secondary N) is 1. The zero-order valence-electron chi connectivity index (χ0n) is 15.9. The van der Waals surface area contributed by atoms with E-state index in [0.717, 1.165) is 35.2 Å². The normalized spacial score (nSPS) is 14.1. The van der Waals surface area contributed by atoms with Crippen molar-refractivity contribution in [1.29, 1.82) is 0 Å². The summed E-state index contributed by atoms with van der Waals surface area (Å²) in [6, 6.07) is 11.8. The van der Waals surface area contributed by atoms with Crippen molar-refractivity contribution < 1.29 is 4.79 Å². The highest BCUT2D eigenvalue weighted by molar-refractivity contribution is 6.07. The van der Waals surface area contributed by atoms with E-state index in [1.54, 1.807) is 4.68 Å². The van der Waals surface area contributed by atoms with Crippen molar-refractivity contribution in [3.05, 3.63) is 47.7 Å². The van der Waals surface area contributed by atoms with Gasteiger partial charge in [0.1, 0.15) is 0 Å². The summed E-state index contributed by atoms with van der Waals surface area (Å²) in [6.45, 7) is 2.37. The second-order valence-corrected chi connectivity index (χ2v) is 6.98. The maximum absolute atomic E-state index is 13.1. The minimum Gasteiger partial charge on any atom is -0.348 e. The van der Waals surface area contributed by atoms with Crippen LogP contribution in [0, 0.1) is 12.8 Å². The summed E-state index contributed by atoms with van der Waals surface area (Å²) >= 11 is 0. The zero-order chi connectivity index (χ0) is 18.3. The molecule has 28 heavy (non-hydrogen) atoms. The first kappa shape index (κ1) is 22.1. The standard InChI is InChI=1S/C20H23N5O.2ClH/c1-12-18-15(20(26)23-17(11-21)14-8-9-14)10-16(13-6-4-3-5-7-13)22-19(18)25(2)24-12;;/h3-7,10,14,17H,8-9,11,21H2,1-2H3,(H,23,26);2*1H. The minimum absolute atomic E-state index is 0. The van der Waals surface area contributed by atoms with Crippen LogP contribution in [0.2, 0.25) is 0 Å². The molecule has 6 nitrogen and oxygen atoms in total. The molecule has 1 unspecified atom stereocenters. The van der Waals surface area contributed by atoms with Crippen LogP contribution in [-0.2, 0) is 7.05 Å². The lowest BCUT2D eigenvalue weighted by molar-refractivity contribution is 0.0935. The molecule has 2 aromatic heterocycles. The lowest BCUT2D eigenvalue weighted by atomic mass is 10.0. The van der Waals surface area contributed by atoms with Crippen LogP contribution >= 0.6 is 24.8 Å². The number of nitrogens with zero attached hydrogens (tertiary/aromatic N) is 3. The van der Waals surface area contributed by atoms with Gasteiger partial charge in [0.15, 0.2) is 5.65 Å². The maximum atomic E-state index is 13.1. The number of hydrogen-bond donors (Lipinski definition) is 2. The Hall–Kier alpha value is -2.15. The summed E-state index contributed by atoms with van der Waals surface area (Å²) in [4.78, 5) is 17.8. The molecule has 0 aliphatic heterocycles. The quantitative estimate of drug-likeness (QED) is 0.661. The Bertz CT molecular complexity index is 970. The third kappa shape index (κ3) is 4.14. The monoisotopic (exact) mass is 421 g/mol. The van der Waals surface area contributed by atoms with Gasteiger partial charge in [-0.3, -0.25) is 9.48 Å². The van der Waals surface area contributed by atoms with Crippen LogP contribution in [0.4, 0.5) is 0 Å². The molecule has 1 aliphatic rings. The summed E-state index contributed by atoms with van der Waals surface area (Å²) in [7, 11) is 1.85. The zero-order valence-corrected chi connectivity index (χ0v) is 17.5. The highest BCUT2D eigenvalue weighted by atomic mass is 35.5. The second kappa shape index (κ2) is 8.90. The average molecular weight is 422 g/mol. The highest BCUT2D eigenvalue weighted by Crippen LogP contribution is 2.33. The first-order valence-electron chi connectivity index (χ1n) is 8.99. The van der Waals surface area contributed by atoms with Gasteiger partial charge in [0, 0.05) is 25.2 Å². The molecule has 1 aliphatic carbocycles. The molecule has 1 saturated carbocycles. The molecule has 8 heteroatoms. The Morgan fingerprint density at radius 2 is 1.96 bits per heavy atom. The van der Waals surface area contributed by atoms with Crippen LogP contribution in [0.25, 0.3) is 22.3 Å². The molecule has 3 aromatic rings. The highest BCUT2D eigenvalue weighted by Gasteiger charge is 2.32. The number of hydrogen-bond acceptors (Lipinski definition) is 4. The number of carbonyl (C=O) groups is 1. The fourth-order valence-corrected chi connectivity index (χ4v) is 3.49. The summed E-state index contributed by atoms with van der Waals surface area (Å²) < 4.78 is 1.73. The molecule has 0 bridgehead atoms. The van der Waals surface area contributed by atoms with Crippen molar-refractivity contribution in [2.75, 3.05) is 6.54 Å². The van der Waals surface area contributed by atoms with Crippen molar-refractivity contribution in [1.82, 2.24) is 20.1 Å². The Labute approximate surface area is 176 Å². The number of aryl methyl sites for hydroxylation is 2. The van der Waals surface area contributed by atoms with Crippen molar-refractivity contribution in [3.8, 4) is 11.3 Å². The van der Waals surface area contributed by atoms with Gasteiger partial charge >= 0.3 is 0 Å². The molecule has 1 atom stereocenters. The number of halogens is 2. The Morgan fingerprint density at radius 1 is 1.29 bits per heavy atom. The van der Waals surface area contributed by atoms with Crippen LogP contribution in [0.1, 0.15) is 28.9 Å². The van der Waals surface area contributed by atoms with Crippen LogP contribution in [0.3, 0.4) is 0 Å². The lowest BCUT2D eigenvalue weighted by Gasteiger charge is -2.17. The van der Waals surface area contributed by atoms with Gasteiger partial charge in [-0.25, -0.2) is 4.98 Å². The smallest absolute Gasteiger partial charge is 0.252 e. The minimum atomic E-state index is -0.104. The van der Waals surface area contributed by atoms with Gasteiger partial charge in [0.05, 0.1) is 22.3 Å². The van der Waals surface area contributed by atoms with E-state index in [-0.39, 0.29) is 36.8 Å². The fourth-order valence-electron chi connectivity index (χ4n) is 3.49. The number of pyridine rings is 1. The first-order valence-corrected chi connectivity index (χ1v) is 8.99. The number of nitrogens with two attached hydrogens (primary N) is 1. The topological polar surface area (TPSA) is 85.8 Å². The van der Waals surface area contributed by atoms with Gasteiger partial charge < -0.3 is 11.1 Å². The molecule has 1 aromatic carbocycles. The molecule has 0 saturated heterocycles. The summed E-state index contributed by atoms with van der Waals surface area (Å²) in [5.74, 6) is 0.401. The second-order valence-electron chi connectivity index (χ2n) is 6.98. The van der Waals surface area contributed by atoms with E-state index in [9.17, 15) is 4.79 Å². The number of benzene rings is 1. The van der Waals surface area contributed by atoms with Crippen LogP contribution in [-0.4, -0.2) is 33.3 Å². The number of fused-ring (bicyclic) bond motifs is 1. The number of rotatable bonds is 5. The summed E-state index contributed by atoms with van der Waals surface area (Å²) in [5.41, 5.74) is 9.73. The van der Waals surface area contributed by atoms with Gasteiger partial charge in [0.2, 0.25) is 0 Å². The predicted octanol–water partition coefficient (Wildman–Crippen LogP) is 3.25. The maximum Gasteiger partial charge on any atom is 0.252 e. The van der Waals surface area contributed by atoms with Crippen molar-refractivity contribution in [2.24, 2.45) is 18.7 Å². The Kier molecular flexibility index (Phi) is 7.04. The Balaban J connectivity index is 0.00000140. The molecule has 0 spiro atoms. The third-order valence-corrected chi connectivity index (χ3v) is 5.04. The van der Waals surface area contributed by atoms with Crippen LogP contribution in [0.15, 0.2) is 36.4 Å². The van der Waals surface area contributed by atoms with E-state index in [1.165, 1.54) is 0 Å². The van der Waals surface area contributed by atoms with Crippen molar-refractivity contribution in [2.45, 2.75) is 25.8 Å². The van der Waals surface area contributed by atoms with Crippen LogP contribution in [0.5, 0.6) is 0 Å². The molecule has 150 valence electrons. The van der Waals surface area contributed by atoms with E-state index >= 15 is 0 Å². The third-order valence-electron chi connectivity index (χ3n) is 5.04. The van der Waals surface area contributed by atoms with E-state index in [0.29, 0.717) is 23.7 Å². The Morgan fingerprint density at radius 3 is 2.57 bits per heavy atom. The van der Waals surface area contributed by atoms with Crippen LogP contribution < -0.4 is 11.1 Å². The molecule has 4 rings (SSSR count). The predicted molar refractivity (Wildman–Crippen MR) is 116 cm³/mol. The number of amides is 1. The molecule has 3 N–H and O–H groups in total. The van der Waals surface area contributed by atoms with Gasteiger partial charge in [-0.05, 0) is 31.7 Å². The molecule has 1 amide bonds. The first-order chi connectivity index (χ1) is 12.6. The number of carbonyl (C=O) groups excluding carboxylic acids is 1. The number of aromatic nitrogens is 3.